The number of nitrogens with zero attached hydrogens (tertiary/aromatic N) is 2. The van der Waals surface area contributed by atoms with Gasteiger partial charge in [0.1, 0.15) is 5.82 Å². The van der Waals surface area contributed by atoms with Crippen molar-refractivity contribution in [2.24, 2.45) is 0 Å². The lowest BCUT2D eigenvalue weighted by Crippen LogP contribution is -2.25. The van der Waals surface area contributed by atoms with Crippen molar-refractivity contribution in [2.45, 2.75) is 25.9 Å². The lowest BCUT2D eigenvalue weighted by Gasteiger charge is -2.17. The van der Waals surface area contributed by atoms with E-state index in [4.69, 9.17) is 0 Å². The average Bonchev–Trinajstić information content (AvgIpc) is 2.89. The van der Waals surface area contributed by atoms with Crippen LogP contribution in [0.3, 0.4) is 0 Å². The Kier molecular flexibility index (Phi) is 4.47. The molecular weight excluding hydrogens is 229 g/mol. The van der Waals surface area contributed by atoms with Crippen LogP contribution < -0.4 is 5.32 Å². The lowest BCUT2D eigenvalue weighted by atomic mass is 10.0. The summed E-state index contributed by atoms with van der Waals surface area (Å²) in [4.78, 5) is 0. The third-order valence-electron chi connectivity index (χ3n) is 2.97. The van der Waals surface area contributed by atoms with Gasteiger partial charge in [-0.2, -0.15) is 5.10 Å². The largest absolute Gasteiger partial charge is 0.308 e. The predicted molar refractivity (Wildman–Crippen MR) is 69.7 cm³/mol. The Morgan fingerprint density at radius 1 is 1.33 bits per heavy atom. The summed E-state index contributed by atoms with van der Waals surface area (Å²) in [7, 11) is 0. The van der Waals surface area contributed by atoms with Crippen LogP contribution in [0.5, 0.6) is 0 Å². The van der Waals surface area contributed by atoms with Gasteiger partial charge in [0.05, 0.1) is 6.54 Å². The predicted octanol–water partition coefficient (Wildman–Crippen LogP) is 2.76. The number of benzene rings is 1. The molecule has 0 fully saturated rings. The smallest absolute Gasteiger partial charge is 0.123 e. The third kappa shape index (κ3) is 3.40. The van der Waals surface area contributed by atoms with Crippen LogP contribution in [0.25, 0.3) is 0 Å². The molecule has 0 aliphatic rings. The summed E-state index contributed by atoms with van der Waals surface area (Å²) < 4.78 is 14.8. The molecule has 1 unspecified atom stereocenters. The molecule has 3 nitrogen and oxygen atoms in total. The molecule has 1 aromatic heterocycles. The molecule has 1 atom stereocenters. The van der Waals surface area contributed by atoms with Crippen molar-refractivity contribution in [2.75, 3.05) is 6.54 Å². The van der Waals surface area contributed by atoms with Crippen molar-refractivity contribution in [1.82, 2.24) is 15.1 Å². The summed E-state index contributed by atoms with van der Waals surface area (Å²) in [5, 5.41) is 7.61. The van der Waals surface area contributed by atoms with Gasteiger partial charge in [-0.15, -0.1) is 0 Å². The van der Waals surface area contributed by atoms with Gasteiger partial charge in [0.2, 0.25) is 0 Å². The van der Waals surface area contributed by atoms with Crippen LogP contribution in [0.2, 0.25) is 0 Å². The second-order valence-corrected chi connectivity index (χ2v) is 4.24. The number of rotatable bonds is 6. The normalized spacial score (nSPS) is 12.6. The van der Waals surface area contributed by atoms with Crippen molar-refractivity contribution in [3.63, 3.8) is 0 Å². The molecule has 0 radical (unpaired) electrons. The lowest BCUT2D eigenvalue weighted by molar-refractivity contribution is 0.476. The minimum atomic E-state index is -0.190. The first-order valence-electron chi connectivity index (χ1n) is 6.26. The Balaban J connectivity index is 1.87. The molecular formula is C14H18FN3. The Morgan fingerprint density at radius 2 is 2.11 bits per heavy atom. The van der Waals surface area contributed by atoms with Crippen molar-refractivity contribution in [1.29, 1.82) is 0 Å². The van der Waals surface area contributed by atoms with Gasteiger partial charge in [-0.1, -0.05) is 19.1 Å². The van der Waals surface area contributed by atoms with Gasteiger partial charge in [0.25, 0.3) is 0 Å². The molecule has 4 heteroatoms. The van der Waals surface area contributed by atoms with E-state index in [1.165, 1.54) is 12.1 Å². The Labute approximate surface area is 107 Å². The van der Waals surface area contributed by atoms with E-state index >= 15 is 0 Å². The number of nitrogens with one attached hydrogen (secondary N) is 1. The summed E-state index contributed by atoms with van der Waals surface area (Å²) >= 11 is 0. The molecule has 1 heterocycles. The fraction of sp³-hybridized carbons (Fsp3) is 0.357. The summed E-state index contributed by atoms with van der Waals surface area (Å²) in [5.74, 6) is -0.190. The summed E-state index contributed by atoms with van der Waals surface area (Å²) in [6, 6.07) is 8.87. The summed E-state index contributed by atoms with van der Waals surface area (Å²) in [5.41, 5.74) is 1.12. The van der Waals surface area contributed by atoms with Gasteiger partial charge in [-0.25, -0.2) is 4.39 Å². The van der Waals surface area contributed by atoms with Crippen LogP contribution in [0, 0.1) is 5.82 Å². The van der Waals surface area contributed by atoms with E-state index in [1.54, 1.807) is 6.20 Å². The molecule has 0 spiro atoms. The zero-order valence-corrected chi connectivity index (χ0v) is 10.5. The maximum atomic E-state index is 12.9. The molecule has 1 N–H and O–H groups in total. The molecule has 2 aromatic rings. The molecule has 0 amide bonds. The number of hydrogen-bond donors (Lipinski definition) is 1. The van der Waals surface area contributed by atoms with Crippen LogP contribution in [0.4, 0.5) is 4.39 Å². The van der Waals surface area contributed by atoms with E-state index in [0.29, 0.717) is 0 Å². The van der Waals surface area contributed by atoms with Gasteiger partial charge >= 0.3 is 0 Å². The first-order valence-corrected chi connectivity index (χ1v) is 6.26. The van der Waals surface area contributed by atoms with E-state index in [1.807, 2.05) is 29.1 Å². The highest BCUT2D eigenvalue weighted by atomic mass is 19.1. The Hall–Kier alpha value is -1.68. The minimum absolute atomic E-state index is 0.190. The second kappa shape index (κ2) is 6.31. The molecule has 0 bridgehead atoms. The highest BCUT2D eigenvalue weighted by Crippen LogP contribution is 2.16. The number of halogens is 1. The van der Waals surface area contributed by atoms with E-state index in [2.05, 4.69) is 17.3 Å². The summed E-state index contributed by atoms with van der Waals surface area (Å²) in [6.07, 6.45) is 4.70. The summed E-state index contributed by atoms with van der Waals surface area (Å²) in [6.45, 7) is 3.80. The monoisotopic (exact) mass is 247 g/mol. The second-order valence-electron chi connectivity index (χ2n) is 4.24. The third-order valence-corrected chi connectivity index (χ3v) is 2.97. The van der Waals surface area contributed by atoms with Crippen LogP contribution in [-0.4, -0.2) is 16.3 Å². The molecule has 2 rings (SSSR count). The maximum absolute atomic E-state index is 12.9. The zero-order chi connectivity index (χ0) is 12.8. The standard InChI is InChI=1S/C14H18FN3/c1-2-14(12-4-6-13(15)7-5-12)16-9-11-18-10-3-8-17-18/h3-8,10,14,16H,2,9,11H2,1H3. The van der Waals surface area contributed by atoms with Crippen LogP contribution in [0.15, 0.2) is 42.7 Å². The molecule has 18 heavy (non-hydrogen) atoms. The zero-order valence-electron chi connectivity index (χ0n) is 10.5. The van der Waals surface area contributed by atoms with Crippen molar-refractivity contribution in [3.05, 3.63) is 54.1 Å². The van der Waals surface area contributed by atoms with Crippen molar-refractivity contribution in [3.8, 4) is 0 Å². The van der Waals surface area contributed by atoms with Crippen molar-refractivity contribution < 1.29 is 4.39 Å². The first kappa shape index (κ1) is 12.8. The van der Waals surface area contributed by atoms with Crippen LogP contribution in [0.1, 0.15) is 24.9 Å². The van der Waals surface area contributed by atoms with E-state index in [-0.39, 0.29) is 11.9 Å². The fourth-order valence-corrected chi connectivity index (χ4v) is 1.98. The van der Waals surface area contributed by atoms with Gasteiger partial charge in [0, 0.05) is 25.0 Å². The number of aromatic nitrogens is 2. The van der Waals surface area contributed by atoms with Gasteiger partial charge in [0.15, 0.2) is 0 Å². The molecule has 96 valence electrons. The SMILES string of the molecule is CCC(NCCn1cccn1)c1ccc(F)cc1. The molecule has 0 saturated carbocycles. The molecule has 0 saturated heterocycles. The Bertz CT molecular complexity index is 450. The average molecular weight is 247 g/mol. The van der Waals surface area contributed by atoms with E-state index < -0.39 is 0 Å². The van der Waals surface area contributed by atoms with Gasteiger partial charge < -0.3 is 5.32 Å². The molecule has 0 aliphatic heterocycles. The first-order chi connectivity index (χ1) is 8.79. The van der Waals surface area contributed by atoms with Crippen LogP contribution >= 0.6 is 0 Å². The van der Waals surface area contributed by atoms with Gasteiger partial charge in [-0.05, 0) is 30.2 Å². The maximum Gasteiger partial charge on any atom is 0.123 e. The highest BCUT2D eigenvalue weighted by molar-refractivity contribution is 5.19. The van der Waals surface area contributed by atoms with Gasteiger partial charge in [-0.3, -0.25) is 4.68 Å². The highest BCUT2D eigenvalue weighted by Gasteiger charge is 2.08. The fourth-order valence-electron chi connectivity index (χ4n) is 1.98. The van der Waals surface area contributed by atoms with Crippen LogP contribution in [-0.2, 0) is 6.54 Å². The quantitative estimate of drug-likeness (QED) is 0.850. The Morgan fingerprint density at radius 3 is 2.72 bits per heavy atom. The molecule has 1 aromatic carbocycles. The number of hydrogen-bond acceptors (Lipinski definition) is 2. The topological polar surface area (TPSA) is 29.9 Å². The molecule has 0 aliphatic carbocycles. The van der Waals surface area contributed by atoms with Crippen molar-refractivity contribution >= 4 is 0 Å². The van der Waals surface area contributed by atoms with E-state index in [9.17, 15) is 4.39 Å². The minimum Gasteiger partial charge on any atom is -0.308 e. The van der Waals surface area contributed by atoms with E-state index in [0.717, 1.165) is 25.1 Å².